The third-order valence-electron chi connectivity index (χ3n) is 5.27. The van der Waals surface area contributed by atoms with E-state index >= 15 is 0 Å². The van der Waals surface area contributed by atoms with Crippen LogP contribution >= 0.6 is 11.6 Å². The second-order valence-corrected chi connectivity index (χ2v) is 7.83. The van der Waals surface area contributed by atoms with E-state index in [0.717, 1.165) is 42.6 Å². The number of fused-ring (bicyclic) bond motifs is 1. The molecule has 0 radical (unpaired) electrons. The van der Waals surface area contributed by atoms with Crippen LogP contribution in [0.1, 0.15) is 18.3 Å². The lowest BCUT2D eigenvalue weighted by atomic mass is 10.1. The predicted molar refractivity (Wildman–Crippen MR) is 121 cm³/mol. The Hall–Kier alpha value is -3.13. The molecule has 1 fully saturated rings. The first-order valence-electron chi connectivity index (χ1n) is 10.5. The fraction of sp³-hybridized carbons (Fsp3) is 0.364. The van der Waals surface area contributed by atoms with Crippen molar-refractivity contribution in [1.29, 1.82) is 0 Å². The number of nitrogens with one attached hydrogen (secondary N) is 1. The number of rotatable bonds is 5. The van der Waals surface area contributed by atoms with Crippen LogP contribution in [0.2, 0.25) is 5.02 Å². The van der Waals surface area contributed by atoms with Crippen LogP contribution in [0.3, 0.4) is 0 Å². The van der Waals surface area contributed by atoms with E-state index in [1.54, 1.807) is 0 Å². The number of amides is 1. The quantitative estimate of drug-likeness (QED) is 0.487. The number of pyridine rings is 1. The minimum atomic E-state index is 0.124. The van der Waals surface area contributed by atoms with E-state index in [1.807, 2.05) is 64.9 Å². The Balaban J connectivity index is 1.37. The topological polar surface area (TPSA) is 78.1 Å². The zero-order valence-electron chi connectivity index (χ0n) is 17.5. The number of aliphatic imine (C=N–C) groups is 1. The maximum Gasteiger partial charge on any atom is 0.227 e. The number of hydrogen-bond donors (Lipinski definition) is 1. The van der Waals surface area contributed by atoms with Crippen LogP contribution in [-0.4, -0.2) is 69.0 Å². The molecule has 1 amide bonds. The molecule has 0 atom stereocenters. The lowest BCUT2D eigenvalue weighted by Crippen LogP contribution is -2.54. The van der Waals surface area contributed by atoms with Crippen molar-refractivity contribution in [3.63, 3.8) is 0 Å². The van der Waals surface area contributed by atoms with Gasteiger partial charge in [0.15, 0.2) is 17.4 Å². The second kappa shape index (κ2) is 9.78. The Labute approximate surface area is 186 Å². The molecule has 1 aliphatic rings. The molecule has 0 bridgehead atoms. The summed E-state index contributed by atoms with van der Waals surface area (Å²) >= 11 is 6.04. The van der Waals surface area contributed by atoms with Gasteiger partial charge in [0.25, 0.3) is 0 Å². The Kier molecular flexibility index (Phi) is 6.66. The van der Waals surface area contributed by atoms with Crippen LogP contribution in [0, 0.1) is 0 Å². The van der Waals surface area contributed by atoms with Crippen molar-refractivity contribution >= 4 is 29.1 Å². The van der Waals surface area contributed by atoms with Gasteiger partial charge >= 0.3 is 0 Å². The van der Waals surface area contributed by atoms with E-state index in [9.17, 15) is 4.79 Å². The molecule has 2 aromatic heterocycles. The average Bonchev–Trinajstić information content (AvgIpc) is 3.20. The van der Waals surface area contributed by atoms with Gasteiger partial charge in [0.05, 0.1) is 6.42 Å². The Morgan fingerprint density at radius 2 is 1.90 bits per heavy atom. The summed E-state index contributed by atoms with van der Waals surface area (Å²) in [6, 6.07) is 13.3. The van der Waals surface area contributed by atoms with Crippen molar-refractivity contribution in [1.82, 2.24) is 29.7 Å². The molecule has 31 heavy (non-hydrogen) atoms. The van der Waals surface area contributed by atoms with E-state index < -0.39 is 0 Å². The van der Waals surface area contributed by atoms with Crippen molar-refractivity contribution in [2.24, 2.45) is 4.99 Å². The highest BCUT2D eigenvalue weighted by atomic mass is 35.5. The summed E-state index contributed by atoms with van der Waals surface area (Å²) in [6.45, 7) is 6.04. The van der Waals surface area contributed by atoms with Crippen molar-refractivity contribution in [3.05, 3.63) is 65.1 Å². The minimum Gasteiger partial charge on any atom is -0.357 e. The highest BCUT2D eigenvalue weighted by Gasteiger charge is 2.23. The maximum absolute atomic E-state index is 12.7. The van der Waals surface area contributed by atoms with Crippen molar-refractivity contribution < 1.29 is 4.79 Å². The van der Waals surface area contributed by atoms with Gasteiger partial charge in [-0.05, 0) is 36.8 Å². The number of nitrogens with zero attached hydrogens (tertiary/aromatic N) is 6. The van der Waals surface area contributed by atoms with Crippen LogP contribution in [0.25, 0.3) is 5.65 Å². The molecule has 1 aromatic carbocycles. The van der Waals surface area contributed by atoms with Crippen molar-refractivity contribution in [2.45, 2.75) is 19.9 Å². The summed E-state index contributed by atoms with van der Waals surface area (Å²) in [5, 5.41) is 12.4. The predicted octanol–water partition coefficient (Wildman–Crippen LogP) is 2.24. The second-order valence-electron chi connectivity index (χ2n) is 7.39. The molecule has 3 heterocycles. The Morgan fingerprint density at radius 3 is 2.68 bits per heavy atom. The van der Waals surface area contributed by atoms with Crippen molar-refractivity contribution in [2.75, 3.05) is 32.7 Å². The third kappa shape index (κ3) is 5.14. The fourth-order valence-corrected chi connectivity index (χ4v) is 3.88. The third-order valence-corrected chi connectivity index (χ3v) is 5.50. The van der Waals surface area contributed by atoms with E-state index in [1.165, 1.54) is 0 Å². The molecule has 1 aliphatic heterocycles. The first-order chi connectivity index (χ1) is 15.1. The number of hydrogen-bond acceptors (Lipinski definition) is 4. The SMILES string of the molecule is CCNC(=NCc1nnc2ccccn12)N1CCN(C(=O)Cc2cccc(Cl)c2)CC1. The number of aromatic nitrogens is 3. The molecule has 0 unspecified atom stereocenters. The van der Waals surface area contributed by atoms with Crippen LogP contribution in [-0.2, 0) is 17.8 Å². The minimum absolute atomic E-state index is 0.124. The molecular weight excluding hydrogens is 414 g/mol. The van der Waals surface area contributed by atoms with Gasteiger partial charge in [0, 0.05) is 43.9 Å². The molecule has 0 aliphatic carbocycles. The summed E-state index contributed by atoms with van der Waals surface area (Å²) in [7, 11) is 0. The van der Waals surface area contributed by atoms with Gasteiger partial charge in [0.1, 0.15) is 6.54 Å². The van der Waals surface area contributed by atoms with E-state index in [2.05, 4.69) is 20.4 Å². The molecule has 8 nitrogen and oxygen atoms in total. The molecular formula is C22H26ClN7O. The Bertz CT molecular complexity index is 1070. The van der Waals surface area contributed by atoms with Crippen molar-refractivity contribution in [3.8, 4) is 0 Å². The zero-order chi connectivity index (χ0) is 21.6. The highest BCUT2D eigenvalue weighted by Crippen LogP contribution is 2.13. The molecule has 4 rings (SSSR count). The first kappa shape index (κ1) is 21.1. The van der Waals surface area contributed by atoms with Gasteiger partial charge in [-0.3, -0.25) is 9.20 Å². The molecule has 9 heteroatoms. The fourth-order valence-electron chi connectivity index (χ4n) is 3.67. The van der Waals surface area contributed by atoms with Crippen LogP contribution in [0.5, 0.6) is 0 Å². The van der Waals surface area contributed by atoms with E-state index in [0.29, 0.717) is 31.1 Å². The summed E-state index contributed by atoms with van der Waals surface area (Å²) in [5.41, 5.74) is 1.75. The summed E-state index contributed by atoms with van der Waals surface area (Å²) in [5.74, 6) is 1.75. The summed E-state index contributed by atoms with van der Waals surface area (Å²) < 4.78 is 1.94. The van der Waals surface area contributed by atoms with Gasteiger partial charge in [-0.1, -0.05) is 29.8 Å². The highest BCUT2D eigenvalue weighted by molar-refractivity contribution is 6.30. The zero-order valence-corrected chi connectivity index (χ0v) is 18.3. The van der Waals surface area contributed by atoms with Gasteiger partial charge in [-0.25, -0.2) is 4.99 Å². The molecule has 0 spiro atoms. The molecule has 162 valence electrons. The number of piperazine rings is 1. The maximum atomic E-state index is 12.7. The van der Waals surface area contributed by atoms with E-state index in [4.69, 9.17) is 16.6 Å². The van der Waals surface area contributed by atoms with Crippen LogP contribution in [0.4, 0.5) is 0 Å². The van der Waals surface area contributed by atoms with Gasteiger partial charge in [-0.2, -0.15) is 0 Å². The molecule has 3 aromatic rings. The van der Waals surface area contributed by atoms with Crippen LogP contribution in [0.15, 0.2) is 53.7 Å². The van der Waals surface area contributed by atoms with E-state index in [-0.39, 0.29) is 5.91 Å². The molecule has 0 saturated carbocycles. The monoisotopic (exact) mass is 439 g/mol. The first-order valence-corrected chi connectivity index (χ1v) is 10.9. The van der Waals surface area contributed by atoms with Crippen LogP contribution < -0.4 is 5.32 Å². The number of carbonyl (C=O) groups excluding carboxylic acids is 1. The lowest BCUT2D eigenvalue weighted by Gasteiger charge is -2.36. The largest absolute Gasteiger partial charge is 0.357 e. The molecule has 1 N–H and O–H groups in total. The van der Waals surface area contributed by atoms with Gasteiger partial charge in [-0.15, -0.1) is 10.2 Å². The summed E-state index contributed by atoms with van der Waals surface area (Å²) in [4.78, 5) is 21.6. The average molecular weight is 440 g/mol. The number of carbonyl (C=O) groups is 1. The Morgan fingerprint density at radius 1 is 1.10 bits per heavy atom. The summed E-state index contributed by atoms with van der Waals surface area (Å²) in [6.07, 6.45) is 2.31. The number of benzene rings is 1. The normalized spacial score (nSPS) is 14.8. The van der Waals surface area contributed by atoms with Gasteiger partial charge < -0.3 is 15.1 Å². The smallest absolute Gasteiger partial charge is 0.227 e. The number of halogens is 1. The lowest BCUT2D eigenvalue weighted by molar-refractivity contribution is -0.131. The standard InChI is InChI=1S/C22H26ClN7O/c1-2-24-22(25-16-20-27-26-19-8-3-4-9-30(19)20)29-12-10-28(11-13-29)21(31)15-17-6-5-7-18(23)14-17/h3-9,14H,2,10-13,15-16H2,1H3,(H,24,25). The molecule has 1 saturated heterocycles. The number of guanidine groups is 1. The van der Waals surface area contributed by atoms with Gasteiger partial charge in [0.2, 0.25) is 5.91 Å².